The molecule has 10 heteroatoms. The van der Waals surface area contributed by atoms with E-state index < -0.39 is 28.7 Å². The van der Waals surface area contributed by atoms with Crippen molar-refractivity contribution in [3.05, 3.63) is 59.2 Å². The Bertz CT molecular complexity index is 1090. The number of carbonyl (C=O) groups excluding carboxylic acids is 2. The van der Waals surface area contributed by atoms with Crippen LogP contribution in [0.1, 0.15) is 36.0 Å². The van der Waals surface area contributed by atoms with Crippen LogP contribution in [0.3, 0.4) is 0 Å². The number of aldehydes is 1. The highest BCUT2D eigenvalue weighted by atomic mass is 32.1. The van der Waals surface area contributed by atoms with Crippen molar-refractivity contribution >= 4 is 40.9 Å². The fraction of sp³-hybridized carbons (Fsp3) is 0.273. The summed E-state index contributed by atoms with van der Waals surface area (Å²) >= 11 is 5.49. The number of nitrogens with two attached hydrogens (primary N) is 1. The lowest BCUT2D eigenvalue weighted by Crippen LogP contribution is -2.59. The van der Waals surface area contributed by atoms with E-state index in [1.807, 2.05) is 0 Å². The largest absolute Gasteiger partial charge is 0.417 e. The fourth-order valence-corrected chi connectivity index (χ4v) is 4.01. The van der Waals surface area contributed by atoms with E-state index in [1.165, 1.54) is 12.1 Å². The summed E-state index contributed by atoms with van der Waals surface area (Å²) in [7, 11) is 0. The summed E-state index contributed by atoms with van der Waals surface area (Å²) in [6, 6.07) is 11.4. The van der Waals surface area contributed by atoms with Crippen molar-refractivity contribution < 1.29 is 22.8 Å². The minimum atomic E-state index is -4.71. The normalized spacial score (nSPS) is 14.6. The maximum atomic E-state index is 13.3. The highest BCUT2D eigenvalue weighted by Crippen LogP contribution is 2.40. The zero-order valence-electron chi connectivity index (χ0n) is 16.8. The van der Waals surface area contributed by atoms with Gasteiger partial charge in [0.2, 0.25) is 5.91 Å². The van der Waals surface area contributed by atoms with Crippen LogP contribution in [0.2, 0.25) is 0 Å². The van der Waals surface area contributed by atoms with Crippen LogP contribution in [0.25, 0.3) is 0 Å². The van der Waals surface area contributed by atoms with Crippen LogP contribution in [0.5, 0.6) is 0 Å². The summed E-state index contributed by atoms with van der Waals surface area (Å²) in [6.07, 6.45) is -2.01. The maximum Gasteiger partial charge on any atom is 0.417 e. The number of halogens is 3. The molecule has 0 heterocycles. The van der Waals surface area contributed by atoms with Gasteiger partial charge in [0.25, 0.3) is 0 Å². The molecule has 0 unspecified atom stereocenters. The second-order valence-electron chi connectivity index (χ2n) is 7.52. The number of rotatable bonds is 6. The summed E-state index contributed by atoms with van der Waals surface area (Å²) < 4.78 is 39.9. The van der Waals surface area contributed by atoms with Gasteiger partial charge in [-0.3, -0.25) is 4.79 Å². The molecule has 0 aromatic heterocycles. The van der Waals surface area contributed by atoms with Gasteiger partial charge < -0.3 is 20.7 Å². The third-order valence-corrected chi connectivity index (χ3v) is 5.64. The summed E-state index contributed by atoms with van der Waals surface area (Å²) in [5.74, 6) is -0.489. The number of benzene rings is 2. The first-order valence-corrected chi connectivity index (χ1v) is 10.1. The van der Waals surface area contributed by atoms with Crippen molar-refractivity contribution in [3.63, 3.8) is 0 Å². The summed E-state index contributed by atoms with van der Waals surface area (Å²) in [4.78, 5) is 24.7. The van der Waals surface area contributed by atoms with E-state index in [4.69, 9.17) is 23.2 Å². The van der Waals surface area contributed by atoms with Crippen molar-refractivity contribution in [2.24, 2.45) is 5.73 Å². The van der Waals surface area contributed by atoms with Crippen LogP contribution in [-0.4, -0.2) is 22.8 Å². The van der Waals surface area contributed by atoms with Gasteiger partial charge in [-0.1, -0.05) is 12.1 Å². The van der Waals surface area contributed by atoms with Crippen LogP contribution in [0.15, 0.2) is 42.5 Å². The molecular formula is C22H19F3N4O2S. The van der Waals surface area contributed by atoms with Gasteiger partial charge in [-0.05, 0) is 67.4 Å². The third-order valence-electron chi connectivity index (χ3n) is 5.36. The monoisotopic (exact) mass is 460 g/mol. The van der Waals surface area contributed by atoms with E-state index in [1.54, 1.807) is 29.2 Å². The molecule has 0 radical (unpaired) electrons. The highest BCUT2D eigenvalue weighted by molar-refractivity contribution is 7.80. The number of amides is 1. The Labute approximate surface area is 187 Å². The van der Waals surface area contributed by atoms with E-state index in [0.29, 0.717) is 24.1 Å². The molecule has 166 valence electrons. The lowest BCUT2D eigenvalue weighted by molar-refractivity contribution is -0.137. The van der Waals surface area contributed by atoms with Gasteiger partial charge in [0, 0.05) is 11.4 Å². The first-order valence-electron chi connectivity index (χ1n) is 9.66. The Morgan fingerprint density at radius 2 is 1.91 bits per heavy atom. The van der Waals surface area contributed by atoms with Crippen LogP contribution in [0.4, 0.5) is 24.5 Å². The number of nitriles is 1. The predicted octanol–water partition coefficient (Wildman–Crippen LogP) is 3.93. The molecule has 1 aliphatic rings. The van der Waals surface area contributed by atoms with Crippen LogP contribution in [0, 0.1) is 11.3 Å². The molecule has 0 saturated heterocycles. The molecule has 0 bridgehead atoms. The van der Waals surface area contributed by atoms with Crippen molar-refractivity contribution in [2.75, 3.05) is 10.2 Å². The zero-order valence-corrected chi connectivity index (χ0v) is 17.6. The van der Waals surface area contributed by atoms with E-state index in [-0.39, 0.29) is 17.2 Å². The van der Waals surface area contributed by atoms with Crippen molar-refractivity contribution in [2.45, 2.75) is 37.4 Å². The summed E-state index contributed by atoms with van der Waals surface area (Å²) in [6.45, 7) is 0. The molecular weight excluding hydrogens is 441 g/mol. The average molecular weight is 460 g/mol. The van der Waals surface area contributed by atoms with E-state index in [9.17, 15) is 22.8 Å². The van der Waals surface area contributed by atoms with Gasteiger partial charge in [0.05, 0.1) is 23.6 Å². The van der Waals surface area contributed by atoms with Gasteiger partial charge in [0.1, 0.15) is 11.8 Å². The quantitative estimate of drug-likeness (QED) is 0.501. The number of anilines is 2. The number of nitrogens with one attached hydrogen (secondary N) is 1. The third kappa shape index (κ3) is 4.73. The number of alkyl halides is 3. The smallest absolute Gasteiger partial charge is 0.369 e. The van der Waals surface area contributed by atoms with Gasteiger partial charge in [-0.25, -0.2) is 0 Å². The van der Waals surface area contributed by atoms with Crippen molar-refractivity contribution in [3.8, 4) is 6.07 Å². The second-order valence-corrected chi connectivity index (χ2v) is 7.91. The minimum absolute atomic E-state index is 0.0389. The predicted molar refractivity (Wildman–Crippen MR) is 117 cm³/mol. The Morgan fingerprint density at radius 3 is 2.38 bits per heavy atom. The van der Waals surface area contributed by atoms with Gasteiger partial charge in [-0.2, -0.15) is 18.4 Å². The molecule has 3 N–H and O–H groups in total. The molecule has 2 aromatic rings. The zero-order chi connectivity index (χ0) is 23.5. The molecule has 32 heavy (non-hydrogen) atoms. The Kier molecular flexibility index (Phi) is 6.50. The number of nitrogens with zero attached hydrogens (tertiary/aromatic N) is 2. The van der Waals surface area contributed by atoms with Crippen molar-refractivity contribution in [1.29, 1.82) is 5.26 Å². The first-order chi connectivity index (χ1) is 15.1. The number of thiocarbonyl (C=S) groups is 1. The molecule has 3 rings (SSSR count). The van der Waals surface area contributed by atoms with Crippen LogP contribution >= 0.6 is 12.2 Å². The molecule has 0 atom stereocenters. The van der Waals surface area contributed by atoms with Gasteiger partial charge >= 0.3 is 6.18 Å². The highest BCUT2D eigenvalue weighted by Gasteiger charge is 2.45. The molecule has 1 amide bonds. The lowest BCUT2D eigenvalue weighted by atomic mass is 9.76. The molecule has 1 aliphatic carbocycles. The standard InChI is InChI=1S/C22H19F3N4O2S/c23-22(24,25)18-11-16(5-4-15(18)12-26)28-20(32)29(21(13-30)8-1-9-21)17-6-2-14(3-7-17)10-19(27)31/h2-7,11,13H,1,8-10H2,(H2,27,31)(H,28,32). The van der Waals surface area contributed by atoms with Gasteiger partial charge in [0.15, 0.2) is 5.11 Å². The number of hydrogen-bond acceptors (Lipinski definition) is 4. The topological polar surface area (TPSA) is 99.2 Å². The Morgan fingerprint density at radius 1 is 1.25 bits per heavy atom. The van der Waals surface area contributed by atoms with E-state index in [2.05, 4.69) is 5.32 Å². The number of primary amides is 1. The molecule has 1 saturated carbocycles. The van der Waals surface area contributed by atoms with Gasteiger partial charge in [-0.15, -0.1) is 0 Å². The molecule has 1 fully saturated rings. The fourth-order valence-electron chi connectivity index (χ4n) is 3.61. The Balaban J connectivity index is 1.95. The van der Waals surface area contributed by atoms with E-state index in [0.717, 1.165) is 24.8 Å². The van der Waals surface area contributed by atoms with Crippen molar-refractivity contribution in [1.82, 2.24) is 0 Å². The first kappa shape index (κ1) is 23.2. The SMILES string of the molecule is N#Cc1ccc(NC(=S)N(c2ccc(CC(N)=O)cc2)C2(C=O)CCC2)cc1C(F)(F)F. The van der Waals surface area contributed by atoms with Crippen LogP contribution in [-0.2, 0) is 22.2 Å². The lowest BCUT2D eigenvalue weighted by Gasteiger charge is -2.47. The number of hydrogen-bond donors (Lipinski definition) is 2. The molecule has 0 aliphatic heterocycles. The molecule has 0 spiro atoms. The maximum absolute atomic E-state index is 13.3. The molecule has 2 aromatic carbocycles. The van der Waals surface area contributed by atoms with Crippen LogP contribution < -0.4 is 16.0 Å². The summed E-state index contributed by atoms with van der Waals surface area (Å²) in [5, 5.41) is 11.8. The molecule has 6 nitrogen and oxygen atoms in total. The Hall–Kier alpha value is -3.45. The number of carbonyl (C=O) groups is 2. The second kappa shape index (κ2) is 8.96. The average Bonchev–Trinajstić information content (AvgIpc) is 2.70. The minimum Gasteiger partial charge on any atom is -0.369 e. The van der Waals surface area contributed by atoms with E-state index >= 15 is 0 Å². The summed E-state index contributed by atoms with van der Waals surface area (Å²) in [5.41, 5.74) is 3.98.